The van der Waals surface area contributed by atoms with Crippen LogP contribution in [0.3, 0.4) is 0 Å². The molecule has 0 radical (unpaired) electrons. The number of nitrogens with zero attached hydrogens (tertiary/aromatic N) is 3. The molecule has 0 saturated heterocycles. The molecule has 0 atom stereocenters. The zero-order valence-corrected chi connectivity index (χ0v) is 17.8. The van der Waals surface area contributed by atoms with E-state index in [0.717, 1.165) is 16.9 Å². The van der Waals surface area contributed by atoms with Gasteiger partial charge in [0.05, 0.1) is 9.55 Å². The molecule has 0 fully saturated rings. The number of rotatable bonds is 5. The number of ether oxygens (including phenoxy) is 1. The molecule has 2 aromatic heterocycles. The molecular weight excluding hydrogens is 430 g/mol. The van der Waals surface area contributed by atoms with Gasteiger partial charge in [0.15, 0.2) is 5.82 Å². The van der Waals surface area contributed by atoms with Crippen LogP contribution in [0, 0.1) is 0 Å². The second-order valence-electron chi connectivity index (χ2n) is 6.87. The van der Waals surface area contributed by atoms with Crippen molar-refractivity contribution in [3.63, 3.8) is 0 Å². The molecule has 2 heterocycles. The van der Waals surface area contributed by atoms with Crippen LogP contribution >= 0.6 is 22.9 Å². The van der Waals surface area contributed by atoms with Crippen LogP contribution in [-0.2, 0) is 6.61 Å². The van der Waals surface area contributed by atoms with Crippen LogP contribution in [0.5, 0.6) is 5.75 Å². The van der Waals surface area contributed by atoms with Gasteiger partial charge in [-0.25, -0.2) is 0 Å². The molecular formula is C24H16ClN3O2S. The number of aromatic nitrogens is 3. The average molecular weight is 446 g/mol. The molecule has 0 aliphatic heterocycles. The van der Waals surface area contributed by atoms with Gasteiger partial charge < -0.3 is 4.74 Å². The lowest BCUT2D eigenvalue weighted by molar-refractivity contribution is 0.306. The van der Waals surface area contributed by atoms with Crippen molar-refractivity contribution in [2.45, 2.75) is 6.61 Å². The molecule has 0 bridgehead atoms. The van der Waals surface area contributed by atoms with Crippen LogP contribution in [0.4, 0.5) is 0 Å². The zero-order valence-electron chi connectivity index (χ0n) is 16.2. The maximum Gasteiger partial charge on any atom is 0.291 e. The second-order valence-corrected chi connectivity index (χ2v) is 8.29. The highest BCUT2D eigenvalue weighted by Crippen LogP contribution is 2.25. The summed E-state index contributed by atoms with van der Waals surface area (Å²) in [6.07, 6.45) is 1.83. The minimum Gasteiger partial charge on any atom is -0.489 e. The lowest BCUT2D eigenvalue weighted by Gasteiger charge is -2.06. The molecule has 7 heteroatoms. The fourth-order valence-electron chi connectivity index (χ4n) is 3.18. The predicted molar refractivity (Wildman–Crippen MR) is 124 cm³/mol. The normalized spacial score (nSPS) is 11.8. The fraction of sp³-hybridized carbons (Fsp3) is 0.0417. The molecule has 0 amide bonds. The number of benzene rings is 3. The van der Waals surface area contributed by atoms with Crippen molar-refractivity contribution in [3.05, 3.63) is 110 Å². The average Bonchev–Trinajstić information content (AvgIpc) is 3.33. The van der Waals surface area contributed by atoms with Crippen molar-refractivity contribution >= 4 is 34.0 Å². The van der Waals surface area contributed by atoms with Crippen LogP contribution in [-0.4, -0.2) is 14.6 Å². The number of thiazole rings is 1. The summed E-state index contributed by atoms with van der Waals surface area (Å²) in [5, 5.41) is 4.91. The lowest BCUT2D eigenvalue weighted by Crippen LogP contribution is -2.23. The summed E-state index contributed by atoms with van der Waals surface area (Å²) in [6.45, 7) is 0.485. The molecule has 5 nitrogen and oxygen atoms in total. The zero-order chi connectivity index (χ0) is 21.2. The third kappa shape index (κ3) is 4.08. The highest BCUT2D eigenvalue weighted by Gasteiger charge is 2.13. The van der Waals surface area contributed by atoms with Crippen molar-refractivity contribution in [3.8, 4) is 17.1 Å². The molecule has 0 aliphatic carbocycles. The van der Waals surface area contributed by atoms with E-state index in [2.05, 4.69) is 10.1 Å². The summed E-state index contributed by atoms with van der Waals surface area (Å²) in [6, 6.07) is 24.9. The maximum atomic E-state index is 12.8. The first-order chi connectivity index (χ1) is 15.2. The Labute approximate surface area is 186 Å². The predicted octanol–water partition coefficient (Wildman–Crippen LogP) is 4.60. The third-order valence-corrected chi connectivity index (χ3v) is 5.99. The number of hydrogen-bond acceptors (Lipinski definition) is 5. The molecule has 0 aliphatic rings. The van der Waals surface area contributed by atoms with Crippen molar-refractivity contribution < 1.29 is 4.74 Å². The summed E-state index contributed by atoms with van der Waals surface area (Å²) < 4.78 is 7.76. The molecule has 0 unspecified atom stereocenters. The first-order valence-electron chi connectivity index (χ1n) is 9.60. The molecule has 5 rings (SSSR count). The topological polar surface area (TPSA) is 56.5 Å². The van der Waals surface area contributed by atoms with Gasteiger partial charge in [0, 0.05) is 5.56 Å². The Morgan fingerprint density at radius 1 is 1.00 bits per heavy atom. The standard InChI is InChI=1S/C24H16ClN3O2S/c25-20-12-5-4-11-19(20)22-26-24-28(27-22)23(29)21(31-24)14-17-9-6-10-18(13-17)30-15-16-7-2-1-3-8-16/h1-14H,15H2/b21-14-. The van der Waals surface area contributed by atoms with Crippen LogP contribution in [0.15, 0.2) is 83.7 Å². The number of halogens is 1. The van der Waals surface area contributed by atoms with E-state index >= 15 is 0 Å². The van der Waals surface area contributed by atoms with Crippen LogP contribution in [0.1, 0.15) is 11.1 Å². The van der Waals surface area contributed by atoms with Gasteiger partial charge in [-0.1, -0.05) is 77.5 Å². The minimum atomic E-state index is -0.207. The smallest absolute Gasteiger partial charge is 0.291 e. The van der Waals surface area contributed by atoms with Gasteiger partial charge >= 0.3 is 0 Å². The Morgan fingerprint density at radius 2 is 1.81 bits per heavy atom. The van der Waals surface area contributed by atoms with Crippen LogP contribution in [0.2, 0.25) is 5.02 Å². The van der Waals surface area contributed by atoms with Crippen molar-refractivity contribution in [2.75, 3.05) is 0 Å². The van der Waals surface area contributed by atoms with E-state index in [9.17, 15) is 4.79 Å². The van der Waals surface area contributed by atoms with Gasteiger partial charge in [-0.15, -0.1) is 5.10 Å². The minimum absolute atomic E-state index is 0.207. The Morgan fingerprint density at radius 3 is 2.61 bits per heavy atom. The summed E-state index contributed by atoms with van der Waals surface area (Å²) in [5.74, 6) is 1.18. The van der Waals surface area contributed by atoms with Crippen LogP contribution in [0.25, 0.3) is 22.4 Å². The second kappa shape index (κ2) is 8.34. The summed E-state index contributed by atoms with van der Waals surface area (Å²) in [7, 11) is 0. The summed E-state index contributed by atoms with van der Waals surface area (Å²) in [4.78, 5) is 17.9. The summed E-state index contributed by atoms with van der Waals surface area (Å²) in [5.41, 5.74) is 2.46. The highest BCUT2D eigenvalue weighted by atomic mass is 35.5. The first-order valence-corrected chi connectivity index (χ1v) is 10.8. The van der Waals surface area contributed by atoms with Crippen molar-refractivity contribution in [2.24, 2.45) is 0 Å². The molecule has 31 heavy (non-hydrogen) atoms. The Bertz CT molecular complexity index is 1480. The molecule has 5 aromatic rings. The molecule has 0 N–H and O–H groups in total. The van der Waals surface area contributed by atoms with Gasteiger partial charge in [-0.2, -0.15) is 9.50 Å². The van der Waals surface area contributed by atoms with E-state index in [1.54, 1.807) is 6.07 Å². The Balaban J connectivity index is 1.44. The van der Waals surface area contributed by atoms with Gasteiger partial charge in [0.1, 0.15) is 12.4 Å². The molecule has 0 saturated carbocycles. The lowest BCUT2D eigenvalue weighted by atomic mass is 10.2. The van der Waals surface area contributed by atoms with Crippen LogP contribution < -0.4 is 14.8 Å². The van der Waals surface area contributed by atoms with E-state index in [1.807, 2.05) is 78.9 Å². The first kappa shape index (κ1) is 19.5. The third-order valence-electron chi connectivity index (χ3n) is 4.70. The maximum absolute atomic E-state index is 12.8. The van der Waals surface area contributed by atoms with E-state index in [4.69, 9.17) is 16.3 Å². The van der Waals surface area contributed by atoms with Gasteiger partial charge in [-0.3, -0.25) is 4.79 Å². The molecule has 3 aromatic carbocycles. The van der Waals surface area contributed by atoms with Crippen molar-refractivity contribution in [1.82, 2.24) is 14.6 Å². The Hall–Kier alpha value is -3.48. The molecule has 0 spiro atoms. The monoisotopic (exact) mass is 445 g/mol. The van der Waals surface area contributed by atoms with E-state index < -0.39 is 0 Å². The SMILES string of the molecule is O=c1/c(=C/c2cccc(OCc3ccccc3)c2)sc2nc(-c3ccccc3Cl)nn12. The van der Waals surface area contributed by atoms with Gasteiger partial charge in [0.25, 0.3) is 5.56 Å². The fourth-order valence-corrected chi connectivity index (χ4v) is 4.30. The highest BCUT2D eigenvalue weighted by molar-refractivity contribution is 7.15. The quantitative estimate of drug-likeness (QED) is 0.397. The van der Waals surface area contributed by atoms with E-state index in [-0.39, 0.29) is 5.56 Å². The number of hydrogen-bond donors (Lipinski definition) is 0. The van der Waals surface area contributed by atoms with Gasteiger partial charge in [0.2, 0.25) is 4.96 Å². The molecule has 152 valence electrons. The summed E-state index contributed by atoms with van der Waals surface area (Å²) >= 11 is 7.52. The van der Waals surface area contributed by atoms with E-state index in [0.29, 0.717) is 32.5 Å². The van der Waals surface area contributed by atoms with Gasteiger partial charge in [-0.05, 0) is 41.5 Å². The Kier molecular flexibility index (Phi) is 5.24. The van der Waals surface area contributed by atoms with Crippen molar-refractivity contribution in [1.29, 1.82) is 0 Å². The number of fused-ring (bicyclic) bond motifs is 1. The van der Waals surface area contributed by atoms with E-state index in [1.165, 1.54) is 15.9 Å². The largest absolute Gasteiger partial charge is 0.489 e.